The summed E-state index contributed by atoms with van der Waals surface area (Å²) in [5.74, 6) is -0.337. The number of nitrogens with one attached hydrogen (secondary N) is 2. The van der Waals surface area contributed by atoms with Gasteiger partial charge in [-0.1, -0.05) is 19.4 Å². The monoisotopic (exact) mass is 329 g/mol. The highest BCUT2D eigenvalue weighted by molar-refractivity contribution is 6.01. The third-order valence-electron chi connectivity index (χ3n) is 4.25. The van der Waals surface area contributed by atoms with Crippen LogP contribution in [0.3, 0.4) is 0 Å². The molecule has 24 heavy (non-hydrogen) atoms. The van der Waals surface area contributed by atoms with Gasteiger partial charge >= 0.3 is 0 Å². The van der Waals surface area contributed by atoms with Gasteiger partial charge in [-0.2, -0.15) is 0 Å². The Kier molecular flexibility index (Phi) is 4.38. The minimum absolute atomic E-state index is 0.228. The highest BCUT2D eigenvalue weighted by Crippen LogP contribution is 2.26. The average Bonchev–Trinajstić information content (AvgIpc) is 2.54. The van der Waals surface area contributed by atoms with E-state index in [1.807, 2.05) is 13.0 Å². The lowest BCUT2D eigenvalue weighted by atomic mass is 10.0. The summed E-state index contributed by atoms with van der Waals surface area (Å²) in [7, 11) is 1.57. The fourth-order valence-corrected chi connectivity index (χ4v) is 2.98. The topological polar surface area (TPSA) is 63.1 Å². The first-order valence-electron chi connectivity index (χ1n) is 8.07. The van der Waals surface area contributed by atoms with Gasteiger partial charge in [0.15, 0.2) is 0 Å². The van der Waals surface area contributed by atoms with Crippen molar-refractivity contribution < 1.29 is 9.18 Å². The Morgan fingerprint density at radius 2 is 2.08 bits per heavy atom. The number of nitrogens with zero attached hydrogens (tertiary/aromatic N) is 1. The molecule has 2 N–H and O–H groups in total. The molecule has 2 heterocycles. The van der Waals surface area contributed by atoms with Crippen LogP contribution >= 0.6 is 0 Å². The van der Waals surface area contributed by atoms with Crippen LogP contribution in [-0.4, -0.2) is 17.0 Å². The molecule has 6 heteroatoms. The van der Waals surface area contributed by atoms with E-state index < -0.39 is 5.82 Å². The zero-order valence-corrected chi connectivity index (χ0v) is 13.8. The molecule has 0 saturated heterocycles. The molecule has 0 bridgehead atoms. The number of rotatable bonds is 4. The molecule has 1 aliphatic heterocycles. The molecule has 1 aromatic carbocycles. The lowest BCUT2D eigenvalue weighted by Crippen LogP contribution is -2.36. The first kappa shape index (κ1) is 16.2. The van der Waals surface area contributed by atoms with E-state index >= 15 is 0 Å². The quantitative estimate of drug-likeness (QED) is 0.906. The van der Waals surface area contributed by atoms with E-state index in [2.05, 4.69) is 10.6 Å². The summed E-state index contributed by atoms with van der Waals surface area (Å²) >= 11 is 0. The van der Waals surface area contributed by atoms with E-state index in [9.17, 15) is 14.0 Å². The summed E-state index contributed by atoms with van der Waals surface area (Å²) < 4.78 is 15.7. The number of benzene rings is 1. The predicted octanol–water partition coefficient (Wildman–Crippen LogP) is 2.51. The number of carbonyl (C=O) groups excluding carboxylic acids is 1. The summed E-state index contributed by atoms with van der Waals surface area (Å²) in [5, 5.41) is 5.70. The molecule has 0 spiro atoms. The molecule has 5 nitrogen and oxygen atoms in total. The molecule has 0 radical (unpaired) electrons. The second-order valence-electron chi connectivity index (χ2n) is 5.99. The van der Waals surface area contributed by atoms with Crippen molar-refractivity contribution in [3.63, 3.8) is 0 Å². The molecular weight excluding hydrogens is 309 g/mol. The molecule has 1 aliphatic rings. The molecule has 1 aromatic heterocycles. The first-order chi connectivity index (χ1) is 11.5. The second-order valence-corrected chi connectivity index (χ2v) is 5.99. The van der Waals surface area contributed by atoms with Gasteiger partial charge in [-0.25, -0.2) is 4.39 Å². The van der Waals surface area contributed by atoms with Crippen molar-refractivity contribution >= 4 is 17.4 Å². The number of anilines is 2. The number of carbonyl (C=O) groups is 1. The zero-order valence-electron chi connectivity index (χ0n) is 13.8. The van der Waals surface area contributed by atoms with Gasteiger partial charge in [0.2, 0.25) is 0 Å². The summed E-state index contributed by atoms with van der Waals surface area (Å²) in [4.78, 5) is 24.4. The van der Waals surface area contributed by atoms with Crippen LogP contribution in [0.25, 0.3) is 0 Å². The van der Waals surface area contributed by atoms with Crippen LogP contribution in [0.15, 0.2) is 29.1 Å². The smallest absolute Gasteiger partial charge is 0.255 e. The van der Waals surface area contributed by atoms with E-state index in [4.69, 9.17) is 0 Å². The van der Waals surface area contributed by atoms with Crippen LogP contribution in [-0.2, 0) is 19.9 Å². The van der Waals surface area contributed by atoms with Crippen LogP contribution in [0, 0.1) is 5.82 Å². The standard InChI is InChI=1S/C18H20FN3O2/c1-3-4-11-5-6-14(13(19)9-11)21-17-16-12(7-8-20-18(16)24)10-15(23)22(17)2/h5-6,9-10,21H,3-4,7-8H2,1-2H3,(H,20,24). The van der Waals surface area contributed by atoms with E-state index in [-0.39, 0.29) is 17.2 Å². The number of aromatic nitrogens is 1. The van der Waals surface area contributed by atoms with E-state index in [1.54, 1.807) is 13.1 Å². The number of halogens is 1. The molecule has 0 unspecified atom stereocenters. The Hall–Kier alpha value is -2.63. The summed E-state index contributed by atoms with van der Waals surface area (Å²) in [6.45, 7) is 2.53. The second kappa shape index (κ2) is 6.47. The Bertz CT molecular complexity index is 858. The maximum atomic E-state index is 14.4. The largest absolute Gasteiger partial charge is 0.352 e. The Morgan fingerprint density at radius 3 is 2.79 bits per heavy atom. The van der Waals surface area contributed by atoms with Gasteiger partial charge in [0.1, 0.15) is 11.6 Å². The molecule has 3 rings (SSSR count). The molecule has 0 fully saturated rings. The Balaban J connectivity index is 2.06. The van der Waals surface area contributed by atoms with Crippen LogP contribution in [0.1, 0.15) is 34.8 Å². The minimum atomic E-state index is -0.401. The fraction of sp³-hybridized carbons (Fsp3) is 0.333. The van der Waals surface area contributed by atoms with Crippen molar-refractivity contribution in [2.45, 2.75) is 26.2 Å². The highest BCUT2D eigenvalue weighted by atomic mass is 19.1. The van der Waals surface area contributed by atoms with E-state index in [1.165, 1.54) is 16.7 Å². The van der Waals surface area contributed by atoms with E-state index in [0.717, 1.165) is 18.4 Å². The van der Waals surface area contributed by atoms with Crippen molar-refractivity contribution in [3.05, 3.63) is 57.1 Å². The molecule has 0 atom stereocenters. The number of fused-ring (bicyclic) bond motifs is 1. The Labute approximate surface area is 139 Å². The summed E-state index contributed by atoms with van der Waals surface area (Å²) in [5.41, 5.74) is 2.03. The van der Waals surface area contributed by atoms with Crippen molar-refractivity contribution in [1.82, 2.24) is 9.88 Å². The molecule has 1 amide bonds. The van der Waals surface area contributed by atoms with E-state index in [0.29, 0.717) is 29.9 Å². The molecule has 0 saturated carbocycles. The molecule has 0 aliphatic carbocycles. The van der Waals surface area contributed by atoms with Crippen LogP contribution < -0.4 is 16.2 Å². The number of aryl methyl sites for hydroxylation is 1. The maximum Gasteiger partial charge on any atom is 0.255 e. The SMILES string of the molecule is CCCc1ccc(Nc2c3c(cc(=O)n2C)CCNC3=O)c(F)c1. The summed E-state index contributed by atoms with van der Waals surface area (Å²) in [6.07, 6.45) is 2.33. The number of amides is 1. The third kappa shape index (κ3) is 2.91. The zero-order chi connectivity index (χ0) is 17.3. The van der Waals surface area contributed by atoms with Crippen molar-refractivity contribution in [1.29, 1.82) is 0 Å². The number of hydrogen-bond acceptors (Lipinski definition) is 3. The molecular formula is C18H20FN3O2. The predicted molar refractivity (Wildman–Crippen MR) is 91.4 cm³/mol. The third-order valence-corrected chi connectivity index (χ3v) is 4.25. The maximum absolute atomic E-state index is 14.4. The molecule has 126 valence electrons. The number of pyridine rings is 1. The molecule has 2 aromatic rings. The average molecular weight is 329 g/mol. The fourth-order valence-electron chi connectivity index (χ4n) is 2.98. The van der Waals surface area contributed by atoms with Gasteiger partial charge in [0, 0.05) is 19.7 Å². The van der Waals surface area contributed by atoms with Crippen LogP contribution in [0.5, 0.6) is 0 Å². The lowest BCUT2D eigenvalue weighted by molar-refractivity contribution is 0.0946. The summed E-state index contributed by atoms with van der Waals surface area (Å²) in [6, 6.07) is 6.45. The van der Waals surface area contributed by atoms with Crippen molar-refractivity contribution in [3.8, 4) is 0 Å². The van der Waals surface area contributed by atoms with Gasteiger partial charge in [-0.3, -0.25) is 14.2 Å². The minimum Gasteiger partial charge on any atom is -0.352 e. The van der Waals surface area contributed by atoms with Gasteiger partial charge < -0.3 is 10.6 Å². The van der Waals surface area contributed by atoms with Crippen molar-refractivity contribution in [2.75, 3.05) is 11.9 Å². The normalized spacial score (nSPS) is 13.4. The van der Waals surface area contributed by atoms with Crippen LogP contribution in [0.2, 0.25) is 0 Å². The first-order valence-corrected chi connectivity index (χ1v) is 8.07. The Morgan fingerprint density at radius 1 is 1.29 bits per heavy atom. The lowest BCUT2D eigenvalue weighted by Gasteiger charge is -2.22. The van der Waals surface area contributed by atoms with Gasteiger partial charge in [0.25, 0.3) is 11.5 Å². The van der Waals surface area contributed by atoms with Crippen molar-refractivity contribution in [2.24, 2.45) is 7.05 Å². The van der Waals surface area contributed by atoms with Gasteiger partial charge in [-0.05, 0) is 36.1 Å². The van der Waals surface area contributed by atoms with Gasteiger partial charge in [0.05, 0.1) is 11.3 Å². The highest BCUT2D eigenvalue weighted by Gasteiger charge is 2.24. The number of hydrogen-bond donors (Lipinski definition) is 2. The van der Waals surface area contributed by atoms with Crippen LogP contribution in [0.4, 0.5) is 15.9 Å². The van der Waals surface area contributed by atoms with Gasteiger partial charge in [-0.15, -0.1) is 0 Å².